The number of anilines is 1. The molecule has 0 aromatic heterocycles. The van der Waals surface area contributed by atoms with Crippen molar-refractivity contribution in [2.75, 3.05) is 24.4 Å². The summed E-state index contributed by atoms with van der Waals surface area (Å²) in [6.07, 6.45) is 1.76. The Morgan fingerprint density at radius 3 is 2.90 bits per heavy atom. The average molecular weight is 413 g/mol. The number of benzene rings is 1. The number of hydrogen-bond acceptors (Lipinski definition) is 3. The lowest BCUT2D eigenvalue weighted by atomic mass is 10.0. The number of hydrogen-bond donors (Lipinski definition) is 2. The van der Waals surface area contributed by atoms with Crippen LogP contribution in [0.3, 0.4) is 0 Å². The Hall–Kier alpha value is -0.450. The molecule has 0 aliphatic carbocycles. The van der Waals surface area contributed by atoms with Gasteiger partial charge in [0, 0.05) is 16.7 Å². The third-order valence-electron chi connectivity index (χ3n) is 3.33. The SMILES string of the molecule is NCC1CCCN(S(=O)(=O)Nc2ccc(F)cc2I)C1. The maximum atomic E-state index is 13.0. The number of halogens is 2. The van der Waals surface area contributed by atoms with Crippen LogP contribution in [0.2, 0.25) is 0 Å². The summed E-state index contributed by atoms with van der Waals surface area (Å²) in [7, 11) is -3.61. The molecule has 8 heteroatoms. The van der Waals surface area contributed by atoms with E-state index in [9.17, 15) is 12.8 Å². The molecule has 0 amide bonds. The van der Waals surface area contributed by atoms with E-state index >= 15 is 0 Å². The van der Waals surface area contributed by atoms with Crippen molar-refractivity contribution in [1.29, 1.82) is 0 Å². The molecule has 1 heterocycles. The van der Waals surface area contributed by atoms with E-state index in [4.69, 9.17) is 5.73 Å². The number of rotatable bonds is 4. The molecule has 1 atom stereocenters. The van der Waals surface area contributed by atoms with Gasteiger partial charge in [-0.25, -0.2) is 4.39 Å². The minimum absolute atomic E-state index is 0.201. The van der Waals surface area contributed by atoms with Gasteiger partial charge in [-0.2, -0.15) is 12.7 Å². The first kappa shape index (κ1) is 15.9. The highest BCUT2D eigenvalue weighted by Crippen LogP contribution is 2.23. The molecule has 1 unspecified atom stereocenters. The Balaban J connectivity index is 2.14. The second-order valence-corrected chi connectivity index (χ2v) is 7.67. The Kier molecular flexibility index (Phi) is 5.21. The van der Waals surface area contributed by atoms with E-state index in [1.807, 2.05) is 22.6 Å². The molecular formula is C12H17FIN3O2S. The fourth-order valence-electron chi connectivity index (χ4n) is 2.21. The lowest BCUT2D eigenvalue weighted by Gasteiger charge is -2.31. The highest BCUT2D eigenvalue weighted by Gasteiger charge is 2.28. The van der Waals surface area contributed by atoms with Crippen LogP contribution in [0.4, 0.5) is 10.1 Å². The standard InChI is InChI=1S/C12H17FIN3O2S/c13-10-3-4-12(11(14)6-10)16-20(18,19)17-5-1-2-9(7-15)8-17/h3-4,6,9,16H,1-2,5,7-8,15H2. The number of nitrogens with zero attached hydrogens (tertiary/aromatic N) is 1. The first-order valence-electron chi connectivity index (χ1n) is 6.35. The Morgan fingerprint density at radius 2 is 2.25 bits per heavy atom. The van der Waals surface area contributed by atoms with Crippen LogP contribution in [0.1, 0.15) is 12.8 Å². The topological polar surface area (TPSA) is 75.4 Å². The molecule has 3 N–H and O–H groups in total. The molecule has 112 valence electrons. The zero-order chi connectivity index (χ0) is 14.8. The molecule has 1 fully saturated rings. The van der Waals surface area contributed by atoms with Gasteiger partial charge in [0.1, 0.15) is 5.82 Å². The Bertz CT molecular complexity index is 582. The predicted octanol–water partition coefficient (Wildman–Crippen LogP) is 1.76. The number of nitrogens with two attached hydrogens (primary N) is 1. The van der Waals surface area contributed by atoms with E-state index < -0.39 is 16.0 Å². The summed E-state index contributed by atoms with van der Waals surface area (Å²) in [6.45, 7) is 1.41. The summed E-state index contributed by atoms with van der Waals surface area (Å²) in [5.74, 6) is -0.189. The van der Waals surface area contributed by atoms with Gasteiger partial charge in [0.05, 0.1) is 5.69 Å². The second kappa shape index (κ2) is 6.54. The van der Waals surface area contributed by atoms with Crippen molar-refractivity contribution in [3.8, 4) is 0 Å². The molecule has 2 rings (SSSR count). The smallest absolute Gasteiger partial charge is 0.301 e. The fourth-order valence-corrected chi connectivity index (χ4v) is 4.37. The monoisotopic (exact) mass is 413 g/mol. The minimum atomic E-state index is -3.61. The van der Waals surface area contributed by atoms with Crippen LogP contribution in [-0.2, 0) is 10.2 Å². The van der Waals surface area contributed by atoms with Gasteiger partial charge >= 0.3 is 10.2 Å². The third-order valence-corrected chi connectivity index (χ3v) is 5.71. The summed E-state index contributed by atoms with van der Waals surface area (Å²) in [4.78, 5) is 0. The van der Waals surface area contributed by atoms with Crippen LogP contribution in [0.15, 0.2) is 18.2 Å². The van der Waals surface area contributed by atoms with Gasteiger partial charge in [-0.1, -0.05) is 0 Å². The third kappa shape index (κ3) is 3.80. The summed E-state index contributed by atoms with van der Waals surface area (Å²) in [5, 5.41) is 0. The van der Waals surface area contributed by atoms with Gasteiger partial charge in [-0.05, 0) is 66.1 Å². The number of nitrogens with one attached hydrogen (secondary N) is 1. The minimum Gasteiger partial charge on any atom is -0.330 e. The zero-order valence-electron chi connectivity index (χ0n) is 10.9. The first-order valence-corrected chi connectivity index (χ1v) is 8.87. The molecule has 5 nitrogen and oxygen atoms in total. The van der Waals surface area contributed by atoms with Crippen molar-refractivity contribution >= 4 is 38.5 Å². The van der Waals surface area contributed by atoms with Crippen molar-refractivity contribution < 1.29 is 12.8 Å². The molecule has 0 bridgehead atoms. The molecule has 1 saturated heterocycles. The summed E-state index contributed by atoms with van der Waals surface area (Å²) in [6, 6.07) is 3.95. The summed E-state index contributed by atoms with van der Waals surface area (Å²) in [5.41, 5.74) is 6.01. The van der Waals surface area contributed by atoms with Gasteiger partial charge in [-0.3, -0.25) is 4.72 Å². The van der Waals surface area contributed by atoms with Gasteiger partial charge in [0.2, 0.25) is 0 Å². The van der Waals surface area contributed by atoms with Crippen LogP contribution in [0.5, 0.6) is 0 Å². The van der Waals surface area contributed by atoms with E-state index in [1.165, 1.54) is 22.5 Å². The Morgan fingerprint density at radius 1 is 1.50 bits per heavy atom. The second-order valence-electron chi connectivity index (χ2n) is 4.83. The van der Waals surface area contributed by atoms with Crippen molar-refractivity contribution in [3.05, 3.63) is 27.6 Å². The largest absolute Gasteiger partial charge is 0.330 e. The zero-order valence-corrected chi connectivity index (χ0v) is 13.8. The molecule has 0 spiro atoms. The first-order chi connectivity index (χ1) is 9.42. The fraction of sp³-hybridized carbons (Fsp3) is 0.500. The molecule has 1 aromatic rings. The molecule has 0 radical (unpaired) electrons. The molecule has 20 heavy (non-hydrogen) atoms. The molecular weight excluding hydrogens is 396 g/mol. The molecule has 1 aliphatic rings. The summed E-state index contributed by atoms with van der Waals surface area (Å²) < 4.78 is 42.1. The number of piperidine rings is 1. The maximum Gasteiger partial charge on any atom is 0.301 e. The van der Waals surface area contributed by atoms with Crippen molar-refractivity contribution in [2.45, 2.75) is 12.8 Å². The van der Waals surface area contributed by atoms with Gasteiger partial charge < -0.3 is 5.73 Å². The van der Waals surface area contributed by atoms with Gasteiger partial charge in [0.25, 0.3) is 0 Å². The van der Waals surface area contributed by atoms with Crippen molar-refractivity contribution in [1.82, 2.24) is 4.31 Å². The maximum absolute atomic E-state index is 13.0. The van der Waals surface area contributed by atoms with Crippen LogP contribution in [0, 0.1) is 15.3 Å². The van der Waals surface area contributed by atoms with E-state index in [1.54, 1.807) is 0 Å². The quantitative estimate of drug-likeness (QED) is 0.739. The predicted molar refractivity (Wildman–Crippen MR) is 85.0 cm³/mol. The van der Waals surface area contributed by atoms with Crippen LogP contribution >= 0.6 is 22.6 Å². The van der Waals surface area contributed by atoms with E-state index in [-0.39, 0.29) is 5.92 Å². The lowest BCUT2D eigenvalue weighted by molar-refractivity contribution is 0.273. The van der Waals surface area contributed by atoms with Crippen molar-refractivity contribution in [3.63, 3.8) is 0 Å². The molecule has 1 aliphatic heterocycles. The highest BCUT2D eigenvalue weighted by molar-refractivity contribution is 14.1. The van der Waals surface area contributed by atoms with Gasteiger partial charge in [-0.15, -0.1) is 0 Å². The van der Waals surface area contributed by atoms with Crippen LogP contribution < -0.4 is 10.5 Å². The van der Waals surface area contributed by atoms with Gasteiger partial charge in [0.15, 0.2) is 0 Å². The van der Waals surface area contributed by atoms with Crippen LogP contribution in [0.25, 0.3) is 0 Å². The van der Waals surface area contributed by atoms with E-state index in [0.717, 1.165) is 12.8 Å². The highest BCUT2D eigenvalue weighted by atomic mass is 127. The summed E-state index contributed by atoms with van der Waals surface area (Å²) >= 11 is 1.90. The normalized spacial score (nSPS) is 20.9. The van der Waals surface area contributed by atoms with E-state index in [0.29, 0.717) is 28.9 Å². The lowest BCUT2D eigenvalue weighted by Crippen LogP contribution is -2.44. The molecule has 1 aromatic carbocycles. The Labute approximate surface area is 132 Å². The average Bonchev–Trinajstić information content (AvgIpc) is 2.42. The molecule has 0 saturated carbocycles. The van der Waals surface area contributed by atoms with Crippen LogP contribution in [-0.4, -0.2) is 32.4 Å². The van der Waals surface area contributed by atoms with E-state index in [2.05, 4.69) is 4.72 Å². The van der Waals surface area contributed by atoms with Crippen molar-refractivity contribution in [2.24, 2.45) is 11.7 Å².